The molecule has 0 spiro atoms. The van der Waals surface area contributed by atoms with Crippen LogP contribution in [0.3, 0.4) is 0 Å². The van der Waals surface area contributed by atoms with Crippen LogP contribution >= 0.6 is 12.4 Å². The highest BCUT2D eigenvalue weighted by atomic mass is 35.5. The molecule has 0 unspecified atom stereocenters. The summed E-state index contributed by atoms with van der Waals surface area (Å²) in [5, 5.41) is 6.14. The summed E-state index contributed by atoms with van der Waals surface area (Å²) in [6.07, 6.45) is 1.26. The Hall–Kier alpha value is -1.83. The van der Waals surface area contributed by atoms with Crippen LogP contribution in [-0.4, -0.2) is 62.2 Å². The van der Waals surface area contributed by atoms with Crippen molar-refractivity contribution >= 4 is 29.9 Å². The summed E-state index contributed by atoms with van der Waals surface area (Å²) in [6, 6.07) is 7.07. The van der Waals surface area contributed by atoms with Gasteiger partial charge in [-0.25, -0.2) is 0 Å². The zero-order valence-corrected chi connectivity index (χ0v) is 17.1. The van der Waals surface area contributed by atoms with Crippen molar-refractivity contribution in [1.29, 1.82) is 0 Å². The van der Waals surface area contributed by atoms with Crippen molar-refractivity contribution in [1.82, 2.24) is 10.2 Å². The predicted octanol–water partition coefficient (Wildman–Crippen LogP) is 2.06. The van der Waals surface area contributed by atoms with Crippen LogP contribution in [-0.2, 0) is 14.3 Å². The van der Waals surface area contributed by atoms with Gasteiger partial charge in [0.15, 0.2) is 6.61 Å². The minimum atomic E-state index is -0.805. The van der Waals surface area contributed by atoms with Crippen molar-refractivity contribution in [2.45, 2.75) is 32.3 Å². The second-order valence-corrected chi connectivity index (χ2v) is 6.29. The van der Waals surface area contributed by atoms with Gasteiger partial charge in [-0.05, 0) is 51.9 Å². The van der Waals surface area contributed by atoms with Crippen LogP contribution in [0.2, 0.25) is 0 Å². The molecule has 7 nitrogen and oxygen atoms in total. The largest absolute Gasteiger partial charge is 0.484 e. The zero-order chi connectivity index (χ0) is 19.0. The Bertz CT molecular complexity index is 617. The van der Waals surface area contributed by atoms with Crippen LogP contribution in [0.15, 0.2) is 24.3 Å². The van der Waals surface area contributed by atoms with Crippen LogP contribution in [0.1, 0.15) is 26.7 Å². The number of carbonyl (C=O) groups is 2. The summed E-state index contributed by atoms with van der Waals surface area (Å²) in [4.78, 5) is 26.5. The van der Waals surface area contributed by atoms with Gasteiger partial charge >= 0.3 is 0 Å². The number of ether oxygens (including phenoxy) is 2. The predicted molar refractivity (Wildman–Crippen MR) is 108 cm³/mol. The number of methoxy groups -OCH3 is 1. The summed E-state index contributed by atoms with van der Waals surface area (Å²) in [6.45, 7) is 6.65. The number of carbonyl (C=O) groups excluding carboxylic acids is 2. The number of nitrogens with one attached hydrogen (secondary N) is 2. The molecule has 2 N–H and O–H groups in total. The van der Waals surface area contributed by atoms with Crippen molar-refractivity contribution in [3.63, 3.8) is 0 Å². The second kappa shape index (κ2) is 11.1. The van der Waals surface area contributed by atoms with E-state index in [1.54, 1.807) is 36.3 Å². The molecule has 2 rings (SSSR count). The Kier molecular flexibility index (Phi) is 9.55. The lowest BCUT2D eigenvalue weighted by atomic mass is 9.91. The summed E-state index contributed by atoms with van der Waals surface area (Å²) >= 11 is 0. The molecule has 0 aromatic heterocycles. The number of amides is 2. The molecule has 0 radical (unpaired) electrons. The van der Waals surface area contributed by atoms with Crippen LogP contribution in [0.5, 0.6) is 5.75 Å². The molecular formula is C19H30ClN3O4. The normalized spacial score (nSPS) is 15.4. The monoisotopic (exact) mass is 399 g/mol. The van der Waals surface area contributed by atoms with Crippen LogP contribution < -0.4 is 15.4 Å². The number of likely N-dealkylation sites (N-methyl/N-ethyl adjacent to an activating group) is 1. The Morgan fingerprint density at radius 2 is 1.89 bits per heavy atom. The molecule has 1 saturated heterocycles. The van der Waals surface area contributed by atoms with E-state index in [-0.39, 0.29) is 30.8 Å². The number of hydrogen-bond acceptors (Lipinski definition) is 5. The SMILES string of the molecule is CCN(CC)C(=O)COc1cccc(NC(=O)C2(OC)CCNCC2)c1.Cl. The molecule has 2 amide bonds. The van der Waals surface area contributed by atoms with Gasteiger partial charge in [-0.3, -0.25) is 9.59 Å². The molecular weight excluding hydrogens is 370 g/mol. The third-order valence-electron chi connectivity index (χ3n) is 4.79. The molecule has 1 aliphatic heterocycles. The summed E-state index contributed by atoms with van der Waals surface area (Å²) in [5.41, 5.74) is -0.182. The minimum Gasteiger partial charge on any atom is -0.484 e. The number of rotatable bonds is 8. The maximum Gasteiger partial charge on any atom is 0.260 e. The first-order chi connectivity index (χ1) is 12.5. The second-order valence-electron chi connectivity index (χ2n) is 6.29. The Morgan fingerprint density at radius 3 is 2.48 bits per heavy atom. The fraction of sp³-hybridized carbons (Fsp3) is 0.579. The van der Waals surface area contributed by atoms with Gasteiger partial charge in [-0.1, -0.05) is 6.07 Å². The first-order valence-electron chi connectivity index (χ1n) is 9.12. The Labute approximate surface area is 167 Å². The lowest BCUT2D eigenvalue weighted by Crippen LogP contribution is -2.51. The molecule has 152 valence electrons. The number of hydrogen-bond donors (Lipinski definition) is 2. The number of anilines is 1. The van der Waals surface area contributed by atoms with Crippen molar-refractivity contribution < 1.29 is 19.1 Å². The average molecular weight is 400 g/mol. The number of piperidine rings is 1. The highest BCUT2D eigenvalue weighted by Gasteiger charge is 2.39. The lowest BCUT2D eigenvalue weighted by molar-refractivity contribution is -0.140. The first-order valence-corrected chi connectivity index (χ1v) is 9.12. The minimum absolute atomic E-state index is 0. The molecule has 0 atom stereocenters. The van der Waals surface area contributed by atoms with Gasteiger partial charge in [0.25, 0.3) is 11.8 Å². The maximum absolute atomic E-state index is 12.7. The van der Waals surface area contributed by atoms with E-state index in [9.17, 15) is 9.59 Å². The molecule has 1 aromatic carbocycles. The molecule has 0 aliphatic carbocycles. The van der Waals surface area contributed by atoms with E-state index in [0.29, 0.717) is 37.4 Å². The fourth-order valence-corrected chi connectivity index (χ4v) is 3.08. The highest BCUT2D eigenvalue weighted by Crippen LogP contribution is 2.25. The van der Waals surface area contributed by atoms with Gasteiger partial charge in [0.05, 0.1) is 0 Å². The number of halogens is 1. The number of nitrogens with zero attached hydrogens (tertiary/aromatic N) is 1. The molecule has 0 saturated carbocycles. The smallest absolute Gasteiger partial charge is 0.260 e. The number of benzene rings is 1. The highest BCUT2D eigenvalue weighted by molar-refractivity contribution is 5.97. The van der Waals surface area contributed by atoms with Gasteiger partial charge in [0, 0.05) is 32.0 Å². The molecule has 1 fully saturated rings. The molecule has 0 bridgehead atoms. The third kappa shape index (κ3) is 6.09. The van der Waals surface area contributed by atoms with E-state index in [1.165, 1.54) is 0 Å². The van der Waals surface area contributed by atoms with E-state index in [1.807, 2.05) is 13.8 Å². The van der Waals surface area contributed by atoms with Gasteiger partial charge in [0.1, 0.15) is 11.4 Å². The van der Waals surface area contributed by atoms with Crippen LogP contribution in [0, 0.1) is 0 Å². The first kappa shape index (κ1) is 23.2. The van der Waals surface area contributed by atoms with E-state index in [0.717, 1.165) is 13.1 Å². The van der Waals surface area contributed by atoms with Crippen molar-refractivity contribution in [2.24, 2.45) is 0 Å². The molecule has 8 heteroatoms. The Balaban J connectivity index is 0.00000364. The summed E-state index contributed by atoms with van der Waals surface area (Å²) in [7, 11) is 1.57. The summed E-state index contributed by atoms with van der Waals surface area (Å²) in [5.74, 6) is 0.329. The molecule has 27 heavy (non-hydrogen) atoms. The topological polar surface area (TPSA) is 79.9 Å². The molecule has 1 aliphatic rings. The van der Waals surface area contributed by atoms with Crippen LogP contribution in [0.25, 0.3) is 0 Å². The maximum atomic E-state index is 12.7. The molecule has 1 aromatic rings. The zero-order valence-electron chi connectivity index (χ0n) is 16.2. The van der Waals surface area contributed by atoms with Gasteiger partial charge in [0.2, 0.25) is 0 Å². The van der Waals surface area contributed by atoms with Gasteiger partial charge in [-0.15, -0.1) is 12.4 Å². The quantitative estimate of drug-likeness (QED) is 0.699. The van der Waals surface area contributed by atoms with Crippen molar-refractivity contribution in [3.05, 3.63) is 24.3 Å². The van der Waals surface area contributed by atoms with Gasteiger partial charge < -0.3 is 25.0 Å². The fourth-order valence-electron chi connectivity index (χ4n) is 3.08. The van der Waals surface area contributed by atoms with Crippen molar-refractivity contribution in [3.8, 4) is 5.75 Å². The van der Waals surface area contributed by atoms with E-state index in [4.69, 9.17) is 9.47 Å². The summed E-state index contributed by atoms with van der Waals surface area (Å²) < 4.78 is 11.1. The lowest BCUT2D eigenvalue weighted by Gasteiger charge is -2.34. The third-order valence-corrected chi connectivity index (χ3v) is 4.79. The van der Waals surface area contributed by atoms with E-state index < -0.39 is 5.60 Å². The Morgan fingerprint density at radius 1 is 1.22 bits per heavy atom. The average Bonchev–Trinajstić information content (AvgIpc) is 2.68. The van der Waals surface area contributed by atoms with E-state index >= 15 is 0 Å². The standard InChI is InChI=1S/C19H29N3O4.ClH/c1-4-22(5-2)17(23)14-26-16-8-6-7-15(13-16)21-18(24)19(25-3)9-11-20-12-10-19;/h6-8,13,20H,4-5,9-12,14H2,1-3H3,(H,21,24);1H. The van der Waals surface area contributed by atoms with Crippen LogP contribution in [0.4, 0.5) is 5.69 Å². The molecule has 1 heterocycles. The van der Waals surface area contributed by atoms with Gasteiger partial charge in [-0.2, -0.15) is 0 Å². The van der Waals surface area contributed by atoms with E-state index in [2.05, 4.69) is 10.6 Å². The van der Waals surface area contributed by atoms with Crippen molar-refractivity contribution in [2.75, 3.05) is 45.2 Å².